The molecule has 0 saturated heterocycles. The van der Waals surface area contributed by atoms with Crippen molar-refractivity contribution in [3.05, 3.63) is 0 Å². The standard InChI is InChI=1S/C6H12N2O2/c1-4(7)6(10)8(3)5(2)9/h4H,7H2,1-3H3/t4-/m0/s1. The predicted octanol–water partition coefficient (Wildman–Crippen LogP) is -0.661. The number of carbonyl (C=O) groups excluding carboxylic acids is 2. The fraction of sp³-hybridized carbons (Fsp3) is 0.667. The molecule has 0 unspecified atom stereocenters. The molecule has 0 aliphatic carbocycles. The summed E-state index contributed by atoms with van der Waals surface area (Å²) in [7, 11) is 1.41. The van der Waals surface area contributed by atoms with Crippen LogP contribution in [0.25, 0.3) is 0 Å². The second kappa shape index (κ2) is 3.31. The third-order valence-corrected chi connectivity index (χ3v) is 1.19. The van der Waals surface area contributed by atoms with Gasteiger partial charge in [0.2, 0.25) is 11.8 Å². The zero-order valence-electron chi connectivity index (χ0n) is 6.42. The smallest absolute Gasteiger partial charge is 0.245 e. The Morgan fingerprint density at radius 3 is 2.00 bits per heavy atom. The van der Waals surface area contributed by atoms with E-state index >= 15 is 0 Å². The van der Waals surface area contributed by atoms with Gasteiger partial charge in [-0.15, -0.1) is 0 Å². The van der Waals surface area contributed by atoms with Gasteiger partial charge < -0.3 is 5.73 Å². The zero-order chi connectivity index (χ0) is 8.31. The maximum atomic E-state index is 10.9. The lowest BCUT2D eigenvalue weighted by atomic mass is 10.3. The molecule has 0 bridgehead atoms. The highest BCUT2D eigenvalue weighted by Crippen LogP contribution is 1.88. The molecule has 0 aromatic rings. The first-order chi connectivity index (χ1) is 4.46. The van der Waals surface area contributed by atoms with Crippen molar-refractivity contribution >= 4 is 11.8 Å². The normalized spacial score (nSPS) is 12.4. The minimum absolute atomic E-state index is 0.290. The van der Waals surface area contributed by atoms with Crippen LogP contribution in [0.15, 0.2) is 0 Å². The van der Waals surface area contributed by atoms with Crippen LogP contribution < -0.4 is 5.73 Å². The van der Waals surface area contributed by atoms with Gasteiger partial charge in [-0.2, -0.15) is 0 Å². The van der Waals surface area contributed by atoms with Gasteiger partial charge in [-0.25, -0.2) is 0 Å². The minimum Gasteiger partial charge on any atom is -0.320 e. The highest BCUT2D eigenvalue weighted by atomic mass is 16.2. The molecule has 0 aromatic carbocycles. The van der Waals surface area contributed by atoms with Crippen molar-refractivity contribution in [1.82, 2.24) is 4.90 Å². The maximum absolute atomic E-state index is 10.9. The number of nitrogens with two attached hydrogens (primary N) is 1. The molecule has 58 valence electrons. The molecule has 4 heteroatoms. The summed E-state index contributed by atoms with van der Waals surface area (Å²) in [5.41, 5.74) is 5.23. The Labute approximate surface area is 60.0 Å². The van der Waals surface area contributed by atoms with Crippen LogP contribution >= 0.6 is 0 Å². The Hall–Kier alpha value is -0.900. The summed E-state index contributed by atoms with van der Waals surface area (Å²) in [5, 5.41) is 0. The van der Waals surface area contributed by atoms with Crippen molar-refractivity contribution in [3.63, 3.8) is 0 Å². The molecule has 0 heterocycles. The number of carbonyl (C=O) groups is 2. The molecular weight excluding hydrogens is 132 g/mol. The molecule has 0 saturated carbocycles. The number of amides is 2. The van der Waals surface area contributed by atoms with Gasteiger partial charge >= 0.3 is 0 Å². The zero-order valence-corrected chi connectivity index (χ0v) is 6.42. The highest BCUT2D eigenvalue weighted by Gasteiger charge is 2.15. The average Bonchev–Trinajstić information content (AvgIpc) is 1.84. The molecule has 1 atom stereocenters. The van der Waals surface area contributed by atoms with Crippen LogP contribution in [0.4, 0.5) is 0 Å². The lowest BCUT2D eigenvalue weighted by Crippen LogP contribution is -2.41. The van der Waals surface area contributed by atoms with E-state index in [0.29, 0.717) is 0 Å². The van der Waals surface area contributed by atoms with Gasteiger partial charge in [0.1, 0.15) is 0 Å². The lowest BCUT2D eigenvalue weighted by molar-refractivity contribution is -0.142. The minimum atomic E-state index is -0.603. The monoisotopic (exact) mass is 144 g/mol. The summed E-state index contributed by atoms with van der Waals surface area (Å²) >= 11 is 0. The van der Waals surface area contributed by atoms with E-state index < -0.39 is 6.04 Å². The van der Waals surface area contributed by atoms with E-state index in [1.165, 1.54) is 14.0 Å². The van der Waals surface area contributed by atoms with Gasteiger partial charge in [0.25, 0.3) is 0 Å². The number of likely N-dealkylation sites (N-methyl/N-ethyl adjacent to an activating group) is 1. The lowest BCUT2D eigenvalue weighted by Gasteiger charge is -2.14. The summed E-state index contributed by atoms with van der Waals surface area (Å²) in [6, 6.07) is -0.603. The number of hydrogen-bond acceptors (Lipinski definition) is 3. The Bertz CT molecular complexity index is 154. The Morgan fingerprint density at radius 2 is 1.90 bits per heavy atom. The summed E-state index contributed by atoms with van der Waals surface area (Å²) in [6.45, 7) is 2.86. The summed E-state index contributed by atoms with van der Waals surface area (Å²) < 4.78 is 0. The van der Waals surface area contributed by atoms with Gasteiger partial charge in [0.05, 0.1) is 6.04 Å². The number of nitrogens with zero attached hydrogens (tertiary/aromatic N) is 1. The van der Waals surface area contributed by atoms with Crippen LogP contribution in [0, 0.1) is 0 Å². The quantitative estimate of drug-likeness (QED) is 0.531. The Kier molecular flexibility index (Phi) is 3.02. The summed E-state index contributed by atoms with van der Waals surface area (Å²) in [6.07, 6.45) is 0. The van der Waals surface area contributed by atoms with Gasteiger partial charge in [-0.1, -0.05) is 0 Å². The second-order valence-electron chi connectivity index (χ2n) is 2.20. The van der Waals surface area contributed by atoms with Crippen LogP contribution in [0.5, 0.6) is 0 Å². The first kappa shape index (κ1) is 9.10. The molecule has 0 radical (unpaired) electrons. The van der Waals surface area contributed by atoms with E-state index in [1.807, 2.05) is 0 Å². The fourth-order valence-corrected chi connectivity index (χ4v) is 0.461. The van der Waals surface area contributed by atoms with Crippen LogP contribution in [0.2, 0.25) is 0 Å². The third-order valence-electron chi connectivity index (χ3n) is 1.19. The van der Waals surface area contributed by atoms with Gasteiger partial charge in [-0.3, -0.25) is 14.5 Å². The highest BCUT2D eigenvalue weighted by molar-refractivity contribution is 5.96. The number of rotatable bonds is 1. The van der Waals surface area contributed by atoms with E-state index in [9.17, 15) is 9.59 Å². The molecule has 0 rings (SSSR count). The van der Waals surface area contributed by atoms with Crippen LogP contribution in [-0.2, 0) is 9.59 Å². The molecular formula is C6H12N2O2. The van der Waals surface area contributed by atoms with Gasteiger partial charge in [-0.05, 0) is 6.92 Å². The first-order valence-corrected chi connectivity index (χ1v) is 3.00. The third kappa shape index (κ3) is 2.14. The molecule has 10 heavy (non-hydrogen) atoms. The SMILES string of the molecule is CC(=O)N(C)C(=O)[C@H](C)N. The summed E-state index contributed by atoms with van der Waals surface area (Å²) in [4.78, 5) is 22.4. The second-order valence-corrected chi connectivity index (χ2v) is 2.20. The van der Waals surface area contributed by atoms with Crippen molar-refractivity contribution in [2.24, 2.45) is 5.73 Å². The fourth-order valence-electron chi connectivity index (χ4n) is 0.461. The van der Waals surface area contributed by atoms with E-state index in [1.54, 1.807) is 6.92 Å². The molecule has 0 aliphatic rings. The van der Waals surface area contributed by atoms with Crippen molar-refractivity contribution in [2.45, 2.75) is 19.9 Å². The van der Waals surface area contributed by atoms with E-state index in [2.05, 4.69) is 0 Å². The predicted molar refractivity (Wildman–Crippen MR) is 37.1 cm³/mol. The average molecular weight is 144 g/mol. The number of imide groups is 1. The van der Waals surface area contributed by atoms with Crippen LogP contribution in [0.3, 0.4) is 0 Å². The maximum Gasteiger partial charge on any atom is 0.245 e. The first-order valence-electron chi connectivity index (χ1n) is 3.00. The van der Waals surface area contributed by atoms with Crippen molar-refractivity contribution in [1.29, 1.82) is 0 Å². The topological polar surface area (TPSA) is 63.4 Å². The van der Waals surface area contributed by atoms with Gasteiger partial charge in [0, 0.05) is 14.0 Å². The van der Waals surface area contributed by atoms with Crippen molar-refractivity contribution in [3.8, 4) is 0 Å². The molecule has 2 amide bonds. The van der Waals surface area contributed by atoms with E-state index in [-0.39, 0.29) is 11.8 Å². The van der Waals surface area contributed by atoms with Crippen molar-refractivity contribution < 1.29 is 9.59 Å². The van der Waals surface area contributed by atoms with Crippen LogP contribution in [0.1, 0.15) is 13.8 Å². The Balaban J connectivity index is 4.08. The van der Waals surface area contributed by atoms with E-state index in [4.69, 9.17) is 5.73 Å². The Morgan fingerprint density at radius 1 is 1.50 bits per heavy atom. The molecule has 0 spiro atoms. The number of hydrogen-bond donors (Lipinski definition) is 1. The molecule has 0 aromatic heterocycles. The summed E-state index contributed by atoms with van der Waals surface area (Å²) in [5.74, 6) is -0.644. The van der Waals surface area contributed by atoms with Crippen molar-refractivity contribution in [2.75, 3.05) is 7.05 Å². The van der Waals surface area contributed by atoms with Crippen LogP contribution in [-0.4, -0.2) is 29.8 Å². The molecule has 4 nitrogen and oxygen atoms in total. The molecule has 0 fully saturated rings. The molecule has 2 N–H and O–H groups in total. The van der Waals surface area contributed by atoms with E-state index in [0.717, 1.165) is 4.90 Å². The molecule has 0 aliphatic heterocycles. The largest absolute Gasteiger partial charge is 0.320 e. The van der Waals surface area contributed by atoms with Gasteiger partial charge in [0.15, 0.2) is 0 Å².